The summed E-state index contributed by atoms with van der Waals surface area (Å²) in [6.07, 6.45) is -0.459. The minimum Gasteiger partial charge on any atom is -0.489 e. The van der Waals surface area contributed by atoms with Crippen molar-refractivity contribution in [3.63, 3.8) is 0 Å². The SMILES string of the molecule is NCCCC[C@H]1C(=O)N[C@@H](Cc2ccc(OCc3ccccc3)cc2)C(=O)N[C@@H](Cc2ccccc2)C(=O)N2C[C@H](OC(=O)NCCN)C[C@H]2C(=O)N[C@@H](c2ccccc2)C(=O)N[C@H](Cc2c[nH]c3ccccc23)C(=O)N1N=O. The number of carbonyl (C=O) groups is 7. The van der Waals surface area contributed by atoms with Crippen LogP contribution in [0.1, 0.15) is 59.5 Å². The Morgan fingerprint density at radius 3 is 1.95 bits per heavy atom. The van der Waals surface area contributed by atoms with Gasteiger partial charge in [-0.1, -0.05) is 121 Å². The molecule has 7 amide bonds. The molecule has 2 saturated heterocycles. The number of hydrogen-bond donors (Lipinski definition) is 8. The maximum Gasteiger partial charge on any atom is 0.407 e. The van der Waals surface area contributed by atoms with Crippen LogP contribution in [0.4, 0.5) is 4.79 Å². The molecular formula is C58H65N11O10. The number of benzene rings is 5. The quantitative estimate of drug-likeness (QED) is 0.0451. The number of H-pyrrole nitrogens is 1. The van der Waals surface area contributed by atoms with Gasteiger partial charge in [0.2, 0.25) is 29.5 Å². The van der Waals surface area contributed by atoms with Crippen LogP contribution in [0.25, 0.3) is 10.9 Å². The summed E-state index contributed by atoms with van der Waals surface area (Å²) in [6.45, 7) is 0.399. The molecule has 79 heavy (non-hydrogen) atoms. The number of nitrogens with two attached hydrogens (primary N) is 2. The van der Waals surface area contributed by atoms with E-state index < -0.39 is 83.9 Å². The number of unbranched alkanes of at least 4 members (excludes halogenated alkanes) is 1. The van der Waals surface area contributed by atoms with E-state index in [9.17, 15) is 14.5 Å². The third-order valence-electron chi connectivity index (χ3n) is 13.9. The Balaban J connectivity index is 1.22. The Kier molecular flexibility index (Phi) is 19.5. The number of fused-ring (bicyclic) bond motifs is 2. The molecule has 0 saturated carbocycles. The van der Waals surface area contributed by atoms with Crippen LogP contribution in [-0.4, -0.2) is 119 Å². The monoisotopic (exact) mass is 1080 g/mol. The van der Waals surface area contributed by atoms with Gasteiger partial charge in [0.05, 0.1) is 11.8 Å². The summed E-state index contributed by atoms with van der Waals surface area (Å²) < 4.78 is 11.7. The lowest BCUT2D eigenvalue weighted by atomic mass is 9.99. The number of aromatic nitrogens is 1. The first-order chi connectivity index (χ1) is 38.4. The minimum atomic E-state index is -1.64. The number of nitrogens with zero attached hydrogens (tertiary/aromatic N) is 3. The second-order valence-electron chi connectivity index (χ2n) is 19.5. The summed E-state index contributed by atoms with van der Waals surface area (Å²) >= 11 is 0. The van der Waals surface area contributed by atoms with Gasteiger partial charge in [0.25, 0.3) is 5.91 Å². The van der Waals surface area contributed by atoms with Crippen molar-refractivity contribution in [1.29, 1.82) is 0 Å². The smallest absolute Gasteiger partial charge is 0.407 e. The van der Waals surface area contributed by atoms with E-state index in [1.807, 2.05) is 48.5 Å². The standard InChI is InChI=1S/C58H65N11O10/c59-27-13-12-22-49-53(71)63-46(30-38-23-25-42(26-24-38)78-36-39-16-6-2-7-17-39)52(70)64-47(31-37-14-4-1-5-15-37)56(74)68-35-43(79-58(76)61-29-28-60)33-50(68)54(72)66-51(40-18-8-3-9-19-40)55(73)65-48(57(75)69(49)67-77)32-41-34-62-45-21-11-10-20-44(41)45/h1-11,14-21,23-26,34,43,46-51,62H,12-13,22,27-33,35-36,59-60H2,(H,61,76)(H,63,71)(H,64,70)(H,65,73)(H,66,72)/t43-,46+,47+,48-,49+,50+,51+/m1/s1. The van der Waals surface area contributed by atoms with Gasteiger partial charge in [0.15, 0.2) is 0 Å². The molecule has 0 spiro atoms. The number of nitroso groups, excluding NO2 is 1. The molecule has 21 nitrogen and oxygen atoms in total. The summed E-state index contributed by atoms with van der Waals surface area (Å²) in [6, 6.07) is 31.6. The second kappa shape index (κ2) is 27.4. The van der Waals surface area contributed by atoms with Crippen molar-refractivity contribution in [3.8, 4) is 5.75 Å². The summed E-state index contributed by atoms with van der Waals surface area (Å²) in [7, 11) is 0. The van der Waals surface area contributed by atoms with Gasteiger partial charge in [-0.2, -0.15) is 5.01 Å². The van der Waals surface area contributed by atoms with Crippen molar-refractivity contribution < 1.29 is 43.0 Å². The van der Waals surface area contributed by atoms with Crippen molar-refractivity contribution >= 4 is 52.4 Å². The zero-order chi connectivity index (χ0) is 55.7. The molecule has 2 fully saturated rings. The predicted octanol–water partition coefficient (Wildman–Crippen LogP) is 3.76. The van der Waals surface area contributed by atoms with E-state index in [-0.39, 0.29) is 76.9 Å². The van der Waals surface area contributed by atoms with E-state index in [4.69, 9.17) is 20.9 Å². The molecule has 412 valence electrons. The van der Waals surface area contributed by atoms with Crippen LogP contribution in [0, 0.1) is 4.91 Å². The second-order valence-corrected chi connectivity index (χ2v) is 19.5. The lowest BCUT2D eigenvalue weighted by Gasteiger charge is -2.32. The first-order valence-electron chi connectivity index (χ1n) is 26.3. The highest BCUT2D eigenvalue weighted by molar-refractivity contribution is 5.99. The third kappa shape index (κ3) is 14.8. The Hall–Kier alpha value is -8.95. The topological polar surface area (TPSA) is 302 Å². The fraction of sp³-hybridized carbons (Fsp3) is 0.328. The molecular weight excluding hydrogens is 1010 g/mol. The van der Waals surface area contributed by atoms with E-state index >= 15 is 24.0 Å². The lowest BCUT2D eigenvalue weighted by molar-refractivity contribution is -0.146. The average Bonchev–Trinajstić information content (AvgIpc) is 4.20. The number of alkyl carbamates (subject to hydrolysis) is 1. The van der Waals surface area contributed by atoms with Crippen molar-refractivity contribution in [2.45, 2.75) is 93.9 Å². The molecule has 2 aliphatic heterocycles. The van der Waals surface area contributed by atoms with Crippen LogP contribution in [0.3, 0.4) is 0 Å². The largest absolute Gasteiger partial charge is 0.489 e. The summed E-state index contributed by atoms with van der Waals surface area (Å²) in [5.41, 5.74) is 15.2. The summed E-state index contributed by atoms with van der Waals surface area (Å²) in [5, 5.41) is 18.2. The van der Waals surface area contributed by atoms with Gasteiger partial charge < -0.3 is 57.4 Å². The van der Waals surface area contributed by atoms with Crippen LogP contribution >= 0.6 is 0 Å². The Morgan fingerprint density at radius 1 is 0.633 bits per heavy atom. The number of amides is 7. The molecule has 3 heterocycles. The van der Waals surface area contributed by atoms with Crippen LogP contribution < -0.4 is 42.8 Å². The van der Waals surface area contributed by atoms with Gasteiger partial charge in [0.1, 0.15) is 54.7 Å². The molecule has 8 rings (SSSR count). The lowest BCUT2D eigenvalue weighted by Crippen LogP contribution is -2.61. The molecule has 10 N–H and O–H groups in total. The first kappa shape index (κ1) is 56.3. The average molecular weight is 1080 g/mol. The molecule has 0 radical (unpaired) electrons. The van der Waals surface area contributed by atoms with E-state index in [0.29, 0.717) is 39.3 Å². The number of carbonyl (C=O) groups excluding carboxylic acids is 7. The van der Waals surface area contributed by atoms with Gasteiger partial charge in [-0.25, -0.2) is 4.79 Å². The highest BCUT2D eigenvalue weighted by atomic mass is 16.6. The molecule has 6 aromatic rings. The fourth-order valence-electron chi connectivity index (χ4n) is 9.86. The number of ether oxygens (including phenoxy) is 2. The molecule has 21 heteroatoms. The van der Waals surface area contributed by atoms with Crippen LogP contribution in [-0.2, 0) is 59.4 Å². The predicted molar refractivity (Wildman–Crippen MR) is 293 cm³/mol. The zero-order valence-corrected chi connectivity index (χ0v) is 43.5. The van der Waals surface area contributed by atoms with Crippen molar-refractivity contribution in [1.82, 2.24) is 41.5 Å². The first-order valence-corrected chi connectivity index (χ1v) is 26.3. The normalized spacial score (nSPS) is 21.4. The Morgan fingerprint density at radius 2 is 1.25 bits per heavy atom. The minimum absolute atomic E-state index is 0.0833. The number of para-hydroxylation sites is 1. The number of hydrogen-bond acceptors (Lipinski definition) is 13. The summed E-state index contributed by atoms with van der Waals surface area (Å²) in [5.74, 6) is -4.74. The van der Waals surface area contributed by atoms with Crippen molar-refractivity contribution in [3.05, 3.63) is 178 Å². The maximum atomic E-state index is 15.3. The van der Waals surface area contributed by atoms with Gasteiger partial charge in [-0.3, -0.25) is 28.8 Å². The molecule has 5 aromatic carbocycles. The van der Waals surface area contributed by atoms with E-state index in [0.717, 1.165) is 11.1 Å². The fourth-order valence-corrected chi connectivity index (χ4v) is 9.86. The molecule has 1 aromatic heterocycles. The highest BCUT2D eigenvalue weighted by Crippen LogP contribution is 2.27. The maximum absolute atomic E-state index is 15.3. The number of rotatable bonds is 18. The highest BCUT2D eigenvalue weighted by Gasteiger charge is 2.46. The van der Waals surface area contributed by atoms with Crippen molar-refractivity contribution in [2.75, 3.05) is 26.2 Å². The Bertz CT molecular complexity index is 3060. The van der Waals surface area contributed by atoms with Gasteiger partial charge in [-0.15, -0.1) is 4.91 Å². The van der Waals surface area contributed by atoms with Crippen LogP contribution in [0.2, 0.25) is 0 Å². The molecule has 0 aliphatic carbocycles. The number of aromatic amines is 1. The zero-order valence-electron chi connectivity index (χ0n) is 43.5. The summed E-state index contributed by atoms with van der Waals surface area (Å²) in [4.78, 5) is 121. The molecule has 2 aliphatic rings. The van der Waals surface area contributed by atoms with Crippen molar-refractivity contribution in [2.24, 2.45) is 16.8 Å². The molecule has 0 unspecified atom stereocenters. The molecule has 7 atom stereocenters. The number of nitrogens with one attached hydrogen (secondary N) is 6. The molecule has 0 bridgehead atoms. The van der Waals surface area contributed by atoms with Gasteiger partial charge in [0, 0.05) is 55.9 Å². The van der Waals surface area contributed by atoms with E-state index in [1.165, 1.54) is 4.90 Å². The third-order valence-corrected chi connectivity index (χ3v) is 13.9. The van der Waals surface area contributed by atoms with Crippen LogP contribution in [0.5, 0.6) is 5.75 Å². The van der Waals surface area contributed by atoms with E-state index in [2.05, 4.69) is 36.9 Å². The van der Waals surface area contributed by atoms with Gasteiger partial charge in [-0.05, 0) is 71.8 Å². The van der Waals surface area contributed by atoms with E-state index in [1.54, 1.807) is 97.2 Å². The van der Waals surface area contributed by atoms with Gasteiger partial charge >= 0.3 is 6.09 Å². The Labute approximate surface area is 456 Å². The van der Waals surface area contributed by atoms with Crippen LogP contribution in [0.15, 0.2) is 151 Å².